The lowest BCUT2D eigenvalue weighted by molar-refractivity contribution is -0.139. The zero-order valence-corrected chi connectivity index (χ0v) is 16.0. The summed E-state index contributed by atoms with van der Waals surface area (Å²) in [5, 5.41) is 0.477. The second kappa shape index (κ2) is 8.29. The van der Waals surface area contributed by atoms with Gasteiger partial charge in [0.15, 0.2) is 11.5 Å². The molecule has 0 aromatic heterocycles. The van der Waals surface area contributed by atoms with Crippen LogP contribution in [-0.2, 0) is 26.0 Å². The number of rotatable bonds is 7. The Kier molecular flexibility index (Phi) is 6.33. The molecule has 26 heavy (non-hydrogen) atoms. The normalized spacial score (nSPS) is 10.9. The van der Waals surface area contributed by atoms with Crippen molar-refractivity contribution in [3.8, 4) is 11.5 Å². The SMILES string of the molecule is COC(=O)Cc1cc(OC)c(OC)cc1S(=O)(=O)Nc1ccc(Cl)cc1. The van der Waals surface area contributed by atoms with Crippen molar-refractivity contribution >= 4 is 33.3 Å². The predicted molar refractivity (Wildman–Crippen MR) is 97.5 cm³/mol. The van der Waals surface area contributed by atoms with Gasteiger partial charge in [0.05, 0.1) is 32.6 Å². The van der Waals surface area contributed by atoms with Gasteiger partial charge in [0, 0.05) is 16.8 Å². The van der Waals surface area contributed by atoms with Crippen LogP contribution in [0, 0.1) is 0 Å². The van der Waals surface area contributed by atoms with Crippen molar-refractivity contribution in [3.63, 3.8) is 0 Å². The highest BCUT2D eigenvalue weighted by molar-refractivity contribution is 7.92. The standard InChI is InChI=1S/C17H18ClNO6S/c1-23-14-8-11(9-17(20)25-3)16(10-15(14)24-2)26(21,22)19-13-6-4-12(18)5-7-13/h4-8,10,19H,9H2,1-3H3. The number of ether oxygens (including phenoxy) is 3. The van der Waals surface area contributed by atoms with Gasteiger partial charge in [-0.2, -0.15) is 0 Å². The van der Waals surface area contributed by atoms with Gasteiger partial charge >= 0.3 is 5.97 Å². The number of anilines is 1. The van der Waals surface area contributed by atoms with Crippen molar-refractivity contribution in [3.05, 3.63) is 47.0 Å². The molecule has 0 spiro atoms. The van der Waals surface area contributed by atoms with Crippen molar-refractivity contribution in [1.29, 1.82) is 0 Å². The summed E-state index contributed by atoms with van der Waals surface area (Å²) in [4.78, 5) is 11.6. The van der Waals surface area contributed by atoms with E-state index in [0.29, 0.717) is 16.5 Å². The molecule has 0 bridgehead atoms. The molecule has 140 valence electrons. The van der Waals surface area contributed by atoms with Crippen LogP contribution in [0.2, 0.25) is 5.02 Å². The zero-order chi connectivity index (χ0) is 19.3. The molecule has 0 aliphatic rings. The van der Waals surface area contributed by atoms with Crippen LogP contribution < -0.4 is 14.2 Å². The number of carbonyl (C=O) groups is 1. The number of carbonyl (C=O) groups excluding carboxylic acids is 1. The van der Waals surface area contributed by atoms with Gasteiger partial charge in [-0.15, -0.1) is 0 Å². The van der Waals surface area contributed by atoms with Crippen LogP contribution in [0.4, 0.5) is 5.69 Å². The summed E-state index contributed by atoms with van der Waals surface area (Å²) in [5.74, 6) is -0.0606. The number of halogens is 1. The Morgan fingerprint density at radius 2 is 1.62 bits per heavy atom. The molecule has 0 radical (unpaired) electrons. The van der Waals surface area contributed by atoms with Crippen LogP contribution in [-0.4, -0.2) is 35.7 Å². The van der Waals surface area contributed by atoms with E-state index in [1.807, 2.05) is 0 Å². The van der Waals surface area contributed by atoms with Crippen LogP contribution in [0.25, 0.3) is 0 Å². The van der Waals surface area contributed by atoms with E-state index in [2.05, 4.69) is 9.46 Å². The molecule has 0 fully saturated rings. The fraction of sp³-hybridized carbons (Fsp3) is 0.235. The van der Waals surface area contributed by atoms with Gasteiger partial charge in [-0.05, 0) is 35.9 Å². The summed E-state index contributed by atoms with van der Waals surface area (Å²) in [5.41, 5.74) is 0.546. The number of methoxy groups -OCH3 is 3. The molecule has 2 aromatic carbocycles. The van der Waals surface area contributed by atoms with Gasteiger partial charge in [0.25, 0.3) is 10.0 Å². The first-order chi connectivity index (χ1) is 12.3. The van der Waals surface area contributed by atoms with E-state index in [-0.39, 0.29) is 22.6 Å². The lowest BCUT2D eigenvalue weighted by Gasteiger charge is -2.16. The monoisotopic (exact) mass is 399 g/mol. The van der Waals surface area contributed by atoms with Gasteiger partial charge in [-0.1, -0.05) is 11.6 Å². The van der Waals surface area contributed by atoms with Crippen LogP contribution in [0.3, 0.4) is 0 Å². The molecule has 0 saturated carbocycles. The van der Waals surface area contributed by atoms with Crippen molar-refractivity contribution in [2.75, 3.05) is 26.1 Å². The van der Waals surface area contributed by atoms with Crippen molar-refractivity contribution in [1.82, 2.24) is 0 Å². The quantitative estimate of drug-likeness (QED) is 0.720. The maximum absolute atomic E-state index is 12.9. The number of hydrogen-bond donors (Lipinski definition) is 1. The highest BCUT2D eigenvalue weighted by atomic mass is 35.5. The average Bonchev–Trinajstić information content (AvgIpc) is 2.62. The molecule has 1 N–H and O–H groups in total. The van der Waals surface area contributed by atoms with Crippen LogP contribution in [0.1, 0.15) is 5.56 Å². The first kappa shape index (κ1) is 19.9. The fourth-order valence-electron chi connectivity index (χ4n) is 2.25. The third-order valence-electron chi connectivity index (χ3n) is 3.52. The van der Waals surface area contributed by atoms with Crippen molar-refractivity contribution in [2.45, 2.75) is 11.3 Å². The molecule has 0 amide bonds. The van der Waals surface area contributed by atoms with Crippen LogP contribution >= 0.6 is 11.6 Å². The third kappa shape index (κ3) is 4.59. The fourth-order valence-corrected chi connectivity index (χ4v) is 3.67. The van der Waals surface area contributed by atoms with E-state index in [1.165, 1.54) is 45.6 Å². The Labute approximate surface area is 156 Å². The topological polar surface area (TPSA) is 90.9 Å². The first-order valence-electron chi connectivity index (χ1n) is 7.40. The van der Waals surface area contributed by atoms with E-state index in [1.54, 1.807) is 12.1 Å². The predicted octanol–water partition coefficient (Wildman–Crippen LogP) is 2.87. The van der Waals surface area contributed by atoms with Crippen LogP contribution in [0.5, 0.6) is 11.5 Å². The summed E-state index contributed by atoms with van der Waals surface area (Å²) >= 11 is 5.81. The summed E-state index contributed by atoms with van der Waals surface area (Å²) < 4.78 is 43.2. The molecular formula is C17H18ClNO6S. The molecule has 7 nitrogen and oxygen atoms in total. The minimum atomic E-state index is -4.00. The number of sulfonamides is 1. The van der Waals surface area contributed by atoms with Crippen molar-refractivity contribution < 1.29 is 27.4 Å². The second-order valence-corrected chi connectivity index (χ2v) is 7.27. The van der Waals surface area contributed by atoms with E-state index in [9.17, 15) is 13.2 Å². The summed E-state index contributed by atoms with van der Waals surface area (Å²) in [6.07, 6.45) is -0.242. The Hall–Kier alpha value is -2.45. The highest BCUT2D eigenvalue weighted by Crippen LogP contribution is 2.34. The highest BCUT2D eigenvalue weighted by Gasteiger charge is 2.24. The Morgan fingerprint density at radius 3 is 2.15 bits per heavy atom. The van der Waals surface area contributed by atoms with Gasteiger partial charge in [0.2, 0.25) is 0 Å². The smallest absolute Gasteiger partial charge is 0.310 e. The number of benzene rings is 2. The van der Waals surface area contributed by atoms with E-state index >= 15 is 0 Å². The molecule has 2 aromatic rings. The number of esters is 1. The summed E-state index contributed by atoms with van der Waals surface area (Å²) in [7, 11) is 0.0271. The minimum absolute atomic E-state index is 0.115. The molecule has 0 aliphatic heterocycles. The Morgan fingerprint density at radius 1 is 1.04 bits per heavy atom. The molecular weight excluding hydrogens is 382 g/mol. The van der Waals surface area contributed by atoms with E-state index in [4.69, 9.17) is 21.1 Å². The third-order valence-corrected chi connectivity index (χ3v) is 5.23. The molecule has 0 aliphatic carbocycles. The van der Waals surface area contributed by atoms with Crippen molar-refractivity contribution in [2.24, 2.45) is 0 Å². The van der Waals surface area contributed by atoms with Crippen LogP contribution in [0.15, 0.2) is 41.3 Å². The molecule has 9 heteroatoms. The lowest BCUT2D eigenvalue weighted by Crippen LogP contribution is -2.17. The summed E-state index contributed by atoms with van der Waals surface area (Å²) in [6, 6.07) is 8.91. The molecule has 0 heterocycles. The number of nitrogens with one attached hydrogen (secondary N) is 1. The largest absolute Gasteiger partial charge is 0.493 e. The zero-order valence-electron chi connectivity index (χ0n) is 14.4. The Bertz CT molecular complexity index is 896. The van der Waals surface area contributed by atoms with E-state index < -0.39 is 16.0 Å². The molecule has 2 rings (SSSR count). The molecule has 0 unspecified atom stereocenters. The van der Waals surface area contributed by atoms with Gasteiger partial charge in [0.1, 0.15) is 0 Å². The number of hydrogen-bond acceptors (Lipinski definition) is 6. The summed E-state index contributed by atoms with van der Waals surface area (Å²) in [6.45, 7) is 0. The minimum Gasteiger partial charge on any atom is -0.493 e. The van der Waals surface area contributed by atoms with Gasteiger partial charge in [-0.3, -0.25) is 9.52 Å². The van der Waals surface area contributed by atoms with Gasteiger partial charge < -0.3 is 14.2 Å². The Balaban J connectivity index is 2.52. The maximum Gasteiger partial charge on any atom is 0.310 e. The van der Waals surface area contributed by atoms with Gasteiger partial charge in [-0.25, -0.2) is 8.42 Å². The average molecular weight is 400 g/mol. The first-order valence-corrected chi connectivity index (χ1v) is 9.27. The molecule has 0 atom stereocenters. The molecule has 0 saturated heterocycles. The van der Waals surface area contributed by atoms with E-state index in [0.717, 1.165) is 0 Å². The lowest BCUT2D eigenvalue weighted by atomic mass is 10.1. The second-order valence-electron chi connectivity index (χ2n) is 5.18. The maximum atomic E-state index is 12.9.